The molecule has 0 atom stereocenters. The monoisotopic (exact) mass is 485 g/mol. The highest BCUT2D eigenvalue weighted by Gasteiger charge is 2.32. The summed E-state index contributed by atoms with van der Waals surface area (Å²) in [5.74, 6) is -1.38. The third-order valence-electron chi connectivity index (χ3n) is 4.94. The first kappa shape index (κ1) is 24.7. The first-order valence-corrected chi connectivity index (χ1v) is 11.3. The zero-order valence-corrected chi connectivity index (χ0v) is 18.6. The molecule has 1 aliphatic heterocycles. The van der Waals surface area contributed by atoms with Crippen molar-refractivity contribution < 1.29 is 35.9 Å². The molecule has 33 heavy (non-hydrogen) atoms. The number of sulfonamides is 1. The molecule has 12 heteroatoms. The lowest BCUT2D eigenvalue weighted by Crippen LogP contribution is -2.40. The topological polar surface area (TPSA) is 105 Å². The number of halogens is 3. The number of ether oxygens (including phenoxy) is 1. The SMILES string of the molecule is CC(=O)Nc1ccc(C(F)(F)F)cc1NC(=O)c1ccc(C)c(S(=O)(=O)N2CCOCC2)c1. The van der Waals surface area contributed by atoms with Crippen molar-refractivity contribution in [2.75, 3.05) is 36.9 Å². The molecule has 2 N–H and O–H groups in total. The molecule has 178 valence electrons. The largest absolute Gasteiger partial charge is 0.416 e. The van der Waals surface area contributed by atoms with Crippen molar-refractivity contribution in [2.24, 2.45) is 0 Å². The summed E-state index contributed by atoms with van der Waals surface area (Å²) < 4.78 is 72.0. The van der Waals surface area contributed by atoms with Crippen molar-refractivity contribution >= 4 is 33.2 Å². The molecule has 0 aromatic heterocycles. The Hall–Kier alpha value is -2.96. The second kappa shape index (κ2) is 9.49. The number of hydrogen-bond acceptors (Lipinski definition) is 5. The Labute approximate surface area is 188 Å². The number of carbonyl (C=O) groups excluding carboxylic acids is 2. The Morgan fingerprint density at radius 1 is 1.00 bits per heavy atom. The number of benzene rings is 2. The molecule has 0 saturated carbocycles. The van der Waals surface area contributed by atoms with Gasteiger partial charge in [-0.1, -0.05) is 6.07 Å². The van der Waals surface area contributed by atoms with Gasteiger partial charge in [-0.25, -0.2) is 8.42 Å². The van der Waals surface area contributed by atoms with Gasteiger partial charge < -0.3 is 15.4 Å². The van der Waals surface area contributed by atoms with E-state index in [1.54, 1.807) is 6.92 Å². The fourth-order valence-corrected chi connectivity index (χ4v) is 4.92. The van der Waals surface area contributed by atoms with E-state index in [1.807, 2.05) is 0 Å². The van der Waals surface area contributed by atoms with Gasteiger partial charge in [0.25, 0.3) is 5.91 Å². The van der Waals surface area contributed by atoms with Crippen LogP contribution in [0.5, 0.6) is 0 Å². The highest BCUT2D eigenvalue weighted by molar-refractivity contribution is 7.89. The zero-order valence-electron chi connectivity index (χ0n) is 17.8. The van der Waals surface area contributed by atoms with E-state index in [0.717, 1.165) is 12.1 Å². The van der Waals surface area contributed by atoms with Gasteiger partial charge in [-0.2, -0.15) is 17.5 Å². The van der Waals surface area contributed by atoms with Crippen molar-refractivity contribution in [1.82, 2.24) is 4.31 Å². The maximum Gasteiger partial charge on any atom is 0.416 e. The van der Waals surface area contributed by atoms with Gasteiger partial charge in [-0.05, 0) is 42.8 Å². The summed E-state index contributed by atoms with van der Waals surface area (Å²) in [5, 5.41) is 4.70. The third kappa shape index (κ3) is 5.70. The van der Waals surface area contributed by atoms with Crippen molar-refractivity contribution in [1.29, 1.82) is 0 Å². The highest BCUT2D eigenvalue weighted by Crippen LogP contribution is 2.34. The van der Waals surface area contributed by atoms with Gasteiger partial charge in [-0.15, -0.1) is 0 Å². The molecule has 2 aromatic rings. The van der Waals surface area contributed by atoms with Crippen LogP contribution in [0.1, 0.15) is 28.4 Å². The molecular formula is C21H22F3N3O5S. The molecule has 3 rings (SSSR count). The van der Waals surface area contributed by atoms with Gasteiger partial charge in [0.15, 0.2) is 0 Å². The zero-order chi connectivity index (χ0) is 24.4. The minimum Gasteiger partial charge on any atom is -0.379 e. The Bertz CT molecular complexity index is 1180. The second-order valence-electron chi connectivity index (χ2n) is 7.39. The van der Waals surface area contributed by atoms with Crippen molar-refractivity contribution in [3.05, 3.63) is 53.1 Å². The van der Waals surface area contributed by atoms with Crippen LogP contribution in [0.4, 0.5) is 24.5 Å². The van der Waals surface area contributed by atoms with E-state index < -0.39 is 33.6 Å². The maximum atomic E-state index is 13.1. The minimum absolute atomic E-state index is 0.0304. The number of rotatable bonds is 5. The smallest absolute Gasteiger partial charge is 0.379 e. The molecule has 0 radical (unpaired) electrons. The summed E-state index contributed by atoms with van der Waals surface area (Å²) in [6.45, 7) is 3.59. The van der Waals surface area contributed by atoms with Gasteiger partial charge in [0, 0.05) is 25.6 Å². The number of alkyl halides is 3. The van der Waals surface area contributed by atoms with Crippen LogP contribution < -0.4 is 10.6 Å². The highest BCUT2D eigenvalue weighted by atomic mass is 32.2. The first-order valence-electron chi connectivity index (χ1n) is 9.88. The van der Waals surface area contributed by atoms with Crippen LogP contribution >= 0.6 is 0 Å². The predicted octanol–water partition coefficient (Wildman–Crippen LogP) is 3.25. The lowest BCUT2D eigenvalue weighted by Gasteiger charge is -2.26. The van der Waals surface area contributed by atoms with Crippen molar-refractivity contribution in [3.63, 3.8) is 0 Å². The summed E-state index contributed by atoms with van der Waals surface area (Å²) in [6, 6.07) is 6.50. The van der Waals surface area contributed by atoms with E-state index in [-0.39, 0.29) is 48.1 Å². The molecule has 1 heterocycles. The Kier molecular flexibility index (Phi) is 7.10. The van der Waals surface area contributed by atoms with Gasteiger partial charge in [-0.3, -0.25) is 9.59 Å². The van der Waals surface area contributed by atoms with Crippen LogP contribution in [0, 0.1) is 6.92 Å². The summed E-state index contributed by atoms with van der Waals surface area (Å²) in [6.07, 6.45) is -4.67. The van der Waals surface area contributed by atoms with E-state index in [4.69, 9.17) is 4.74 Å². The molecular weight excluding hydrogens is 463 g/mol. The average Bonchev–Trinajstić information content (AvgIpc) is 2.74. The van der Waals surface area contributed by atoms with Gasteiger partial charge in [0.2, 0.25) is 15.9 Å². The van der Waals surface area contributed by atoms with E-state index in [9.17, 15) is 31.2 Å². The lowest BCUT2D eigenvalue weighted by molar-refractivity contribution is -0.137. The van der Waals surface area contributed by atoms with Crippen LogP contribution in [0.25, 0.3) is 0 Å². The summed E-state index contributed by atoms with van der Waals surface area (Å²) in [5.41, 5.74) is -0.985. The number of anilines is 2. The molecule has 0 unspecified atom stereocenters. The molecule has 1 fully saturated rings. The Morgan fingerprint density at radius 2 is 1.67 bits per heavy atom. The molecule has 8 nitrogen and oxygen atoms in total. The normalized spacial score (nSPS) is 15.2. The molecule has 2 amide bonds. The van der Waals surface area contributed by atoms with E-state index >= 15 is 0 Å². The number of amides is 2. The average molecular weight is 485 g/mol. The number of hydrogen-bond donors (Lipinski definition) is 2. The quantitative estimate of drug-likeness (QED) is 0.677. The summed E-state index contributed by atoms with van der Waals surface area (Å²) in [7, 11) is -3.90. The summed E-state index contributed by atoms with van der Waals surface area (Å²) in [4.78, 5) is 24.2. The molecule has 0 aliphatic carbocycles. The molecule has 1 saturated heterocycles. The standard InChI is InChI=1S/C21H22F3N3O5S/c1-13-3-4-15(11-19(13)33(30,31)27-7-9-32-10-8-27)20(29)26-18-12-16(21(22,23)24)5-6-17(18)25-14(2)28/h3-6,11-12H,7-10H2,1-2H3,(H,25,28)(H,26,29). The number of nitrogens with zero attached hydrogens (tertiary/aromatic N) is 1. The number of nitrogens with one attached hydrogen (secondary N) is 2. The number of aryl methyl sites for hydroxylation is 1. The third-order valence-corrected chi connectivity index (χ3v) is 6.98. The Balaban J connectivity index is 1.95. The fourth-order valence-electron chi connectivity index (χ4n) is 3.26. The maximum absolute atomic E-state index is 13.1. The second-order valence-corrected chi connectivity index (χ2v) is 9.30. The van der Waals surface area contributed by atoms with Gasteiger partial charge in [0.1, 0.15) is 0 Å². The Morgan fingerprint density at radius 3 is 2.27 bits per heavy atom. The summed E-state index contributed by atoms with van der Waals surface area (Å²) >= 11 is 0. The number of morpholine rings is 1. The van der Waals surface area contributed by atoms with Gasteiger partial charge >= 0.3 is 6.18 Å². The van der Waals surface area contributed by atoms with E-state index in [2.05, 4.69) is 10.6 Å². The van der Waals surface area contributed by atoms with Crippen LogP contribution in [-0.4, -0.2) is 50.8 Å². The fraction of sp³-hybridized carbons (Fsp3) is 0.333. The van der Waals surface area contributed by atoms with Crippen LogP contribution in [0.3, 0.4) is 0 Å². The van der Waals surface area contributed by atoms with E-state index in [0.29, 0.717) is 11.6 Å². The lowest BCUT2D eigenvalue weighted by atomic mass is 10.1. The number of carbonyl (C=O) groups is 2. The molecule has 2 aromatic carbocycles. The van der Waals surface area contributed by atoms with Gasteiger partial charge in [0.05, 0.1) is 35.0 Å². The predicted molar refractivity (Wildman–Crippen MR) is 114 cm³/mol. The van der Waals surface area contributed by atoms with E-state index in [1.165, 1.54) is 29.4 Å². The van der Waals surface area contributed by atoms with Crippen LogP contribution in [-0.2, 0) is 25.7 Å². The molecule has 1 aliphatic rings. The van der Waals surface area contributed by atoms with Crippen LogP contribution in [0.15, 0.2) is 41.3 Å². The van der Waals surface area contributed by atoms with Crippen LogP contribution in [0.2, 0.25) is 0 Å². The van der Waals surface area contributed by atoms with Crippen molar-refractivity contribution in [2.45, 2.75) is 24.9 Å². The first-order chi connectivity index (χ1) is 15.4. The van der Waals surface area contributed by atoms with Crippen molar-refractivity contribution in [3.8, 4) is 0 Å². The minimum atomic E-state index is -4.67. The molecule has 0 spiro atoms. The molecule has 0 bridgehead atoms.